The molecule has 1 amide bonds. The topological polar surface area (TPSA) is 34.4 Å². The number of carbonyl (C=O) groups is 1. The summed E-state index contributed by atoms with van der Waals surface area (Å²) < 4.78 is 0. The van der Waals surface area contributed by atoms with E-state index in [9.17, 15) is 4.79 Å². The van der Waals surface area contributed by atoms with Crippen molar-refractivity contribution in [2.24, 2.45) is 5.92 Å². The SMILES string of the molecule is CN(C)C(=O)C1CC[N]C1. The lowest BCUT2D eigenvalue weighted by Gasteiger charge is -2.14. The van der Waals surface area contributed by atoms with Gasteiger partial charge in [0.05, 0.1) is 5.92 Å². The lowest BCUT2D eigenvalue weighted by molar-refractivity contribution is -0.132. The molecule has 3 nitrogen and oxygen atoms in total. The average Bonchev–Trinajstić information content (AvgIpc) is 2.36. The molecule has 1 aliphatic heterocycles. The lowest BCUT2D eigenvalue weighted by atomic mass is 10.1. The maximum atomic E-state index is 11.2. The highest BCUT2D eigenvalue weighted by atomic mass is 16.2. The summed E-state index contributed by atoms with van der Waals surface area (Å²) in [6.45, 7) is 1.60. The van der Waals surface area contributed by atoms with Crippen LogP contribution >= 0.6 is 0 Å². The van der Waals surface area contributed by atoms with Gasteiger partial charge in [0.2, 0.25) is 5.91 Å². The zero-order valence-corrected chi connectivity index (χ0v) is 6.50. The third-order valence-electron chi connectivity index (χ3n) is 1.78. The van der Waals surface area contributed by atoms with Gasteiger partial charge < -0.3 is 4.90 Å². The molecular weight excluding hydrogens is 128 g/mol. The number of amides is 1. The molecule has 0 aliphatic carbocycles. The normalized spacial score (nSPS) is 24.8. The first-order valence-electron chi connectivity index (χ1n) is 3.56. The van der Waals surface area contributed by atoms with Crippen molar-refractivity contribution in [1.82, 2.24) is 10.2 Å². The van der Waals surface area contributed by atoms with Gasteiger partial charge in [0.25, 0.3) is 0 Å². The molecule has 1 fully saturated rings. The van der Waals surface area contributed by atoms with Crippen molar-refractivity contribution in [2.45, 2.75) is 6.42 Å². The van der Waals surface area contributed by atoms with E-state index in [0.717, 1.165) is 19.5 Å². The third-order valence-corrected chi connectivity index (χ3v) is 1.78. The highest BCUT2D eigenvalue weighted by molar-refractivity contribution is 5.78. The van der Waals surface area contributed by atoms with Crippen LogP contribution < -0.4 is 5.32 Å². The second-order valence-corrected chi connectivity index (χ2v) is 2.85. The van der Waals surface area contributed by atoms with Gasteiger partial charge in [0, 0.05) is 27.2 Å². The van der Waals surface area contributed by atoms with Crippen molar-refractivity contribution in [3.05, 3.63) is 0 Å². The average molecular weight is 141 g/mol. The molecule has 0 spiro atoms. The predicted molar refractivity (Wildman–Crippen MR) is 38.7 cm³/mol. The number of nitrogens with zero attached hydrogens (tertiary/aromatic N) is 2. The minimum atomic E-state index is 0.176. The summed E-state index contributed by atoms with van der Waals surface area (Å²) >= 11 is 0. The van der Waals surface area contributed by atoms with E-state index in [1.54, 1.807) is 19.0 Å². The zero-order valence-electron chi connectivity index (χ0n) is 6.50. The summed E-state index contributed by atoms with van der Waals surface area (Å²) in [6, 6.07) is 0. The first kappa shape index (κ1) is 7.54. The Morgan fingerprint density at radius 3 is 2.70 bits per heavy atom. The second-order valence-electron chi connectivity index (χ2n) is 2.85. The Labute approximate surface area is 61.4 Å². The van der Waals surface area contributed by atoms with E-state index < -0.39 is 0 Å². The van der Waals surface area contributed by atoms with E-state index in [4.69, 9.17) is 0 Å². The Kier molecular flexibility index (Phi) is 2.27. The fraction of sp³-hybridized carbons (Fsp3) is 0.857. The monoisotopic (exact) mass is 141 g/mol. The van der Waals surface area contributed by atoms with Gasteiger partial charge in [-0.2, -0.15) is 0 Å². The van der Waals surface area contributed by atoms with Gasteiger partial charge in [-0.1, -0.05) is 0 Å². The number of hydrogen-bond donors (Lipinski definition) is 0. The van der Waals surface area contributed by atoms with Crippen LogP contribution in [0.1, 0.15) is 6.42 Å². The van der Waals surface area contributed by atoms with E-state index in [2.05, 4.69) is 5.32 Å². The summed E-state index contributed by atoms with van der Waals surface area (Å²) in [5.41, 5.74) is 0. The van der Waals surface area contributed by atoms with Crippen molar-refractivity contribution in [3.8, 4) is 0 Å². The highest BCUT2D eigenvalue weighted by Gasteiger charge is 2.23. The molecule has 0 bridgehead atoms. The number of hydrogen-bond acceptors (Lipinski definition) is 1. The summed E-state index contributed by atoms with van der Waals surface area (Å²) in [4.78, 5) is 12.9. The Morgan fingerprint density at radius 1 is 1.60 bits per heavy atom. The van der Waals surface area contributed by atoms with Crippen molar-refractivity contribution in [3.63, 3.8) is 0 Å². The predicted octanol–water partition coefficient (Wildman–Crippen LogP) is -0.301. The standard InChI is InChI=1S/C7H13N2O/c1-9(2)7(10)6-3-4-8-5-6/h6H,3-5H2,1-2H3. The van der Waals surface area contributed by atoms with Crippen LogP contribution in [0, 0.1) is 5.92 Å². The third kappa shape index (κ3) is 1.48. The molecule has 1 unspecified atom stereocenters. The molecule has 1 atom stereocenters. The molecular formula is C7H13N2O. The van der Waals surface area contributed by atoms with Gasteiger partial charge in [-0.15, -0.1) is 0 Å². The summed E-state index contributed by atoms with van der Waals surface area (Å²) in [7, 11) is 3.58. The Morgan fingerprint density at radius 2 is 2.30 bits per heavy atom. The van der Waals surface area contributed by atoms with Crippen LogP contribution in [-0.4, -0.2) is 38.0 Å². The van der Waals surface area contributed by atoms with Crippen LogP contribution in [0.3, 0.4) is 0 Å². The second kappa shape index (κ2) is 3.01. The smallest absolute Gasteiger partial charge is 0.226 e. The van der Waals surface area contributed by atoms with Gasteiger partial charge in [-0.05, 0) is 6.42 Å². The van der Waals surface area contributed by atoms with E-state index in [1.165, 1.54) is 0 Å². The van der Waals surface area contributed by atoms with Gasteiger partial charge in [0.1, 0.15) is 0 Å². The van der Waals surface area contributed by atoms with E-state index in [-0.39, 0.29) is 11.8 Å². The summed E-state index contributed by atoms with van der Waals surface area (Å²) in [5.74, 6) is 0.399. The largest absolute Gasteiger partial charge is 0.349 e. The van der Waals surface area contributed by atoms with Crippen LogP contribution in [0.4, 0.5) is 0 Å². The summed E-state index contributed by atoms with van der Waals surface area (Å²) in [5, 5.41) is 4.12. The zero-order chi connectivity index (χ0) is 7.56. The highest BCUT2D eigenvalue weighted by Crippen LogP contribution is 2.10. The molecule has 10 heavy (non-hydrogen) atoms. The number of rotatable bonds is 1. The molecule has 1 aliphatic rings. The summed E-state index contributed by atoms with van der Waals surface area (Å²) in [6.07, 6.45) is 0.941. The quantitative estimate of drug-likeness (QED) is 0.493. The van der Waals surface area contributed by atoms with Crippen molar-refractivity contribution >= 4 is 5.91 Å². The van der Waals surface area contributed by atoms with E-state index in [1.807, 2.05) is 0 Å². The minimum absolute atomic E-state index is 0.176. The Hall–Kier alpha value is -0.570. The van der Waals surface area contributed by atoms with Crippen molar-refractivity contribution in [2.75, 3.05) is 27.2 Å². The van der Waals surface area contributed by atoms with Crippen molar-refractivity contribution in [1.29, 1.82) is 0 Å². The molecule has 0 aromatic carbocycles. The van der Waals surface area contributed by atoms with Crippen molar-refractivity contribution < 1.29 is 4.79 Å². The van der Waals surface area contributed by atoms with E-state index >= 15 is 0 Å². The lowest BCUT2D eigenvalue weighted by Crippen LogP contribution is -2.30. The van der Waals surface area contributed by atoms with Crippen LogP contribution in [0.5, 0.6) is 0 Å². The molecule has 1 radical (unpaired) electrons. The van der Waals surface area contributed by atoms with Gasteiger partial charge in [-0.3, -0.25) is 4.79 Å². The van der Waals surface area contributed by atoms with Crippen LogP contribution in [0.2, 0.25) is 0 Å². The van der Waals surface area contributed by atoms with Gasteiger partial charge in [0.15, 0.2) is 0 Å². The maximum absolute atomic E-state index is 11.2. The maximum Gasteiger partial charge on any atom is 0.226 e. The van der Waals surface area contributed by atoms with Crippen LogP contribution in [-0.2, 0) is 4.79 Å². The molecule has 0 aromatic rings. The Bertz CT molecular complexity index is 128. The molecule has 0 N–H and O–H groups in total. The van der Waals surface area contributed by atoms with Crippen LogP contribution in [0.25, 0.3) is 0 Å². The first-order chi connectivity index (χ1) is 4.72. The molecule has 3 heteroatoms. The Balaban J connectivity index is 2.40. The number of carbonyl (C=O) groups excluding carboxylic acids is 1. The molecule has 57 valence electrons. The van der Waals surface area contributed by atoms with Gasteiger partial charge in [-0.25, -0.2) is 5.32 Å². The fourth-order valence-electron chi connectivity index (χ4n) is 1.15. The molecule has 0 saturated carbocycles. The molecule has 0 aromatic heterocycles. The first-order valence-corrected chi connectivity index (χ1v) is 3.56. The molecule has 1 heterocycles. The van der Waals surface area contributed by atoms with E-state index in [0.29, 0.717) is 0 Å². The molecule has 1 saturated heterocycles. The van der Waals surface area contributed by atoms with Crippen LogP contribution in [0.15, 0.2) is 0 Å². The molecule has 1 rings (SSSR count). The van der Waals surface area contributed by atoms with Gasteiger partial charge >= 0.3 is 0 Å². The minimum Gasteiger partial charge on any atom is -0.349 e. The fourth-order valence-corrected chi connectivity index (χ4v) is 1.15.